The number of aromatic nitrogens is 2. The van der Waals surface area contributed by atoms with E-state index < -0.39 is 0 Å². The van der Waals surface area contributed by atoms with Crippen LogP contribution in [0.1, 0.15) is 56.3 Å². The summed E-state index contributed by atoms with van der Waals surface area (Å²) in [5, 5.41) is 6.13. The van der Waals surface area contributed by atoms with Crippen LogP contribution in [0.25, 0.3) is 0 Å². The normalized spacial score (nSPS) is 22.6. The van der Waals surface area contributed by atoms with Crippen molar-refractivity contribution < 1.29 is 4.79 Å². The van der Waals surface area contributed by atoms with E-state index in [1.54, 1.807) is 6.33 Å². The Morgan fingerprint density at radius 3 is 2.92 bits per heavy atom. The highest BCUT2D eigenvalue weighted by molar-refractivity contribution is 5.74. The minimum Gasteiger partial charge on any atom is -0.348 e. The van der Waals surface area contributed by atoms with E-state index in [-0.39, 0.29) is 6.03 Å². The Hall–Kier alpha value is -1.56. The standard InChI is InChI=1S/C18H31N5O/c1-14-17(21-13-20-14)12-23-10-4-5-15(11-23)8-9-19-18(24)22-16-6-2-3-7-16/h13,15-16H,2-12H2,1H3,(H,20,21)(H2,19,22,24)/t15-/m1/s1. The molecule has 6 nitrogen and oxygen atoms in total. The maximum Gasteiger partial charge on any atom is 0.315 e. The van der Waals surface area contributed by atoms with Crippen molar-refractivity contribution in [2.24, 2.45) is 5.92 Å². The Morgan fingerprint density at radius 1 is 1.33 bits per heavy atom. The summed E-state index contributed by atoms with van der Waals surface area (Å²) in [6.07, 6.45) is 10.1. The van der Waals surface area contributed by atoms with Gasteiger partial charge in [0, 0.05) is 31.4 Å². The largest absolute Gasteiger partial charge is 0.348 e. The van der Waals surface area contributed by atoms with Crippen molar-refractivity contribution in [1.82, 2.24) is 25.5 Å². The van der Waals surface area contributed by atoms with Crippen LogP contribution in [0.15, 0.2) is 6.33 Å². The second-order valence-electron chi connectivity index (χ2n) is 7.39. The molecule has 2 aliphatic rings. The molecule has 2 fully saturated rings. The molecule has 2 amide bonds. The monoisotopic (exact) mass is 333 g/mol. The molecule has 2 heterocycles. The molecule has 0 spiro atoms. The zero-order chi connectivity index (χ0) is 16.8. The first kappa shape index (κ1) is 17.3. The number of nitrogens with one attached hydrogen (secondary N) is 3. The number of nitrogens with zero attached hydrogens (tertiary/aromatic N) is 2. The van der Waals surface area contributed by atoms with Crippen molar-refractivity contribution in [2.75, 3.05) is 19.6 Å². The fourth-order valence-corrected chi connectivity index (χ4v) is 3.99. The highest BCUT2D eigenvalue weighted by Crippen LogP contribution is 2.21. The summed E-state index contributed by atoms with van der Waals surface area (Å²) in [4.78, 5) is 22.0. The molecule has 0 aromatic carbocycles. The van der Waals surface area contributed by atoms with Crippen LogP contribution in [-0.4, -0.2) is 46.6 Å². The summed E-state index contributed by atoms with van der Waals surface area (Å²) in [7, 11) is 0. The SMILES string of the molecule is Cc1[nH]cnc1CN1CCC[C@H](CCNC(=O)NC2CCCC2)C1. The molecule has 1 atom stereocenters. The van der Waals surface area contributed by atoms with Crippen LogP contribution in [0.2, 0.25) is 0 Å². The Bertz CT molecular complexity index is 523. The summed E-state index contributed by atoms with van der Waals surface area (Å²) in [5.74, 6) is 0.671. The van der Waals surface area contributed by atoms with Gasteiger partial charge in [-0.2, -0.15) is 0 Å². The lowest BCUT2D eigenvalue weighted by molar-refractivity contribution is 0.159. The number of hydrogen-bond donors (Lipinski definition) is 3. The number of piperidine rings is 1. The summed E-state index contributed by atoms with van der Waals surface area (Å²) in [6, 6.07) is 0.411. The maximum atomic E-state index is 11.9. The van der Waals surface area contributed by atoms with E-state index in [4.69, 9.17) is 0 Å². The van der Waals surface area contributed by atoms with Crippen molar-refractivity contribution in [3.05, 3.63) is 17.7 Å². The van der Waals surface area contributed by atoms with Gasteiger partial charge in [-0.1, -0.05) is 12.8 Å². The molecule has 1 aromatic heterocycles. The zero-order valence-electron chi connectivity index (χ0n) is 14.8. The number of carbonyl (C=O) groups excluding carboxylic acids is 1. The molecule has 1 aliphatic heterocycles. The van der Waals surface area contributed by atoms with Crippen molar-refractivity contribution in [3.63, 3.8) is 0 Å². The van der Waals surface area contributed by atoms with Gasteiger partial charge in [0.1, 0.15) is 0 Å². The highest BCUT2D eigenvalue weighted by atomic mass is 16.2. The lowest BCUT2D eigenvalue weighted by atomic mass is 9.94. The molecular weight excluding hydrogens is 302 g/mol. The number of amides is 2. The van der Waals surface area contributed by atoms with E-state index in [0.29, 0.717) is 12.0 Å². The van der Waals surface area contributed by atoms with E-state index in [1.165, 1.54) is 31.4 Å². The molecule has 3 rings (SSSR count). The molecule has 1 saturated carbocycles. The smallest absolute Gasteiger partial charge is 0.315 e. The first-order chi connectivity index (χ1) is 11.7. The lowest BCUT2D eigenvalue weighted by Gasteiger charge is -2.32. The molecule has 1 aliphatic carbocycles. The van der Waals surface area contributed by atoms with Crippen LogP contribution < -0.4 is 10.6 Å². The number of aromatic amines is 1. The third-order valence-electron chi connectivity index (χ3n) is 5.44. The van der Waals surface area contributed by atoms with Crippen LogP contribution in [0.4, 0.5) is 4.79 Å². The van der Waals surface area contributed by atoms with Crippen LogP contribution in [-0.2, 0) is 6.54 Å². The van der Waals surface area contributed by atoms with Crippen molar-refractivity contribution in [1.29, 1.82) is 0 Å². The summed E-state index contributed by atoms with van der Waals surface area (Å²) >= 11 is 0. The number of hydrogen-bond acceptors (Lipinski definition) is 3. The third kappa shape index (κ3) is 4.97. The van der Waals surface area contributed by atoms with Crippen LogP contribution in [0.3, 0.4) is 0 Å². The zero-order valence-corrected chi connectivity index (χ0v) is 14.8. The summed E-state index contributed by atoms with van der Waals surface area (Å²) in [5.41, 5.74) is 2.33. The Morgan fingerprint density at radius 2 is 2.17 bits per heavy atom. The highest BCUT2D eigenvalue weighted by Gasteiger charge is 2.21. The van der Waals surface area contributed by atoms with Crippen LogP contribution >= 0.6 is 0 Å². The molecule has 0 radical (unpaired) electrons. The topological polar surface area (TPSA) is 73.0 Å². The van der Waals surface area contributed by atoms with Gasteiger partial charge in [0.2, 0.25) is 0 Å². The van der Waals surface area contributed by atoms with Crippen molar-refractivity contribution >= 4 is 6.03 Å². The van der Waals surface area contributed by atoms with Gasteiger partial charge >= 0.3 is 6.03 Å². The fourth-order valence-electron chi connectivity index (χ4n) is 3.99. The number of rotatable bonds is 6. The second kappa shape index (κ2) is 8.51. The van der Waals surface area contributed by atoms with Crippen molar-refractivity contribution in [2.45, 2.75) is 64.5 Å². The average Bonchev–Trinajstić information content (AvgIpc) is 3.20. The van der Waals surface area contributed by atoms with Gasteiger partial charge in [-0.15, -0.1) is 0 Å². The lowest BCUT2D eigenvalue weighted by Crippen LogP contribution is -2.42. The number of carbonyl (C=O) groups is 1. The van der Waals surface area contributed by atoms with Crippen molar-refractivity contribution in [3.8, 4) is 0 Å². The number of aryl methyl sites for hydroxylation is 1. The Labute approximate surface area is 144 Å². The Kier molecular flexibility index (Phi) is 6.12. The number of H-pyrrole nitrogens is 1. The van der Waals surface area contributed by atoms with Crippen LogP contribution in [0, 0.1) is 12.8 Å². The number of urea groups is 1. The minimum absolute atomic E-state index is 0.0155. The minimum atomic E-state index is 0.0155. The quantitative estimate of drug-likeness (QED) is 0.749. The molecule has 1 aromatic rings. The average molecular weight is 333 g/mol. The van der Waals surface area contributed by atoms with Gasteiger partial charge in [0.05, 0.1) is 12.0 Å². The van der Waals surface area contributed by atoms with E-state index in [0.717, 1.165) is 51.1 Å². The van der Waals surface area contributed by atoms with Gasteiger partial charge < -0.3 is 15.6 Å². The number of likely N-dealkylation sites (tertiary alicyclic amines) is 1. The molecule has 3 N–H and O–H groups in total. The molecule has 134 valence electrons. The van der Waals surface area contributed by atoms with Gasteiger partial charge in [-0.3, -0.25) is 4.90 Å². The van der Waals surface area contributed by atoms with E-state index in [2.05, 4.69) is 32.4 Å². The van der Waals surface area contributed by atoms with Crippen LogP contribution in [0.5, 0.6) is 0 Å². The molecule has 0 unspecified atom stereocenters. The van der Waals surface area contributed by atoms with Gasteiger partial charge in [0.15, 0.2) is 0 Å². The first-order valence-electron chi connectivity index (χ1n) is 9.46. The summed E-state index contributed by atoms with van der Waals surface area (Å²) in [6.45, 7) is 6.05. The predicted octanol–water partition coefficient (Wildman–Crippen LogP) is 2.56. The van der Waals surface area contributed by atoms with Gasteiger partial charge in [0.25, 0.3) is 0 Å². The van der Waals surface area contributed by atoms with E-state index in [9.17, 15) is 4.79 Å². The second-order valence-corrected chi connectivity index (χ2v) is 7.39. The Balaban J connectivity index is 1.34. The maximum absolute atomic E-state index is 11.9. The molecule has 6 heteroatoms. The fraction of sp³-hybridized carbons (Fsp3) is 0.778. The summed E-state index contributed by atoms with van der Waals surface area (Å²) < 4.78 is 0. The molecule has 1 saturated heterocycles. The molecular formula is C18H31N5O. The number of imidazole rings is 1. The van der Waals surface area contributed by atoms with Gasteiger partial charge in [-0.25, -0.2) is 9.78 Å². The van der Waals surface area contributed by atoms with Gasteiger partial charge in [-0.05, 0) is 51.5 Å². The third-order valence-corrected chi connectivity index (χ3v) is 5.44. The van der Waals surface area contributed by atoms with E-state index in [1.807, 2.05) is 0 Å². The molecule has 24 heavy (non-hydrogen) atoms. The predicted molar refractivity (Wildman–Crippen MR) is 94.7 cm³/mol. The molecule has 0 bridgehead atoms. The first-order valence-corrected chi connectivity index (χ1v) is 9.46. The van der Waals surface area contributed by atoms with E-state index >= 15 is 0 Å².